The van der Waals surface area contributed by atoms with Crippen molar-refractivity contribution >= 4 is 5.78 Å². The Hall–Kier alpha value is -1.36. The Kier molecular flexibility index (Phi) is 3.01. The Morgan fingerprint density at radius 2 is 2.13 bits per heavy atom. The maximum absolute atomic E-state index is 11.7. The number of ketones is 1. The van der Waals surface area contributed by atoms with Gasteiger partial charge in [-0.2, -0.15) is 0 Å². The highest BCUT2D eigenvalue weighted by atomic mass is 16.1. The maximum atomic E-state index is 11.7. The Balaban J connectivity index is 1.94. The van der Waals surface area contributed by atoms with E-state index in [1.807, 2.05) is 0 Å². The van der Waals surface area contributed by atoms with E-state index in [-0.39, 0.29) is 11.5 Å². The van der Waals surface area contributed by atoms with Crippen LogP contribution in [0.15, 0.2) is 11.0 Å². The Bertz CT molecular complexity index is 387. The number of carbonyl (C=O) groups is 1. The average molecular weight is 209 g/mol. The smallest absolute Gasteiger partial charge is 0.317 e. The third kappa shape index (κ3) is 2.56. The molecule has 1 saturated heterocycles. The van der Waals surface area contributed by atoms with E-state index in [0.717, 1.165) is 25.9 Å². The van der Waals surface area contributed by atoms with E-state index >= 15 is 0 Å². The van der Waals surface area contributed by atoms with E-state index < -0.39 is 0 Å². The number of H-pyrrole nitrogens is 2. The molecule has 1 aliphatic heterocycles. The molecule has 2 heterocycles. The SMILES string of the molecule is O=C(CC1CCNCC1)c1c[nH]c(=O)[nH]1. The van der Waals surface area contributed by atoms with Crippen molar-refractivity contribution in [2.45, 2.75) is 19.3 Å². The van der Waals surface area contributed by atoms with E-state index in [0.29, 0.717) is 18.0 Å². The lowest BCUT2D eigenvalue weighted by Gasteiger charge is -2.21. The molecule has 1 aliphatic rings. The summed E-state index contributed by atoms with van der Waals surface area (Å²) in [5, 5.41) is 3.26. The molecule has 5 heteroatoms. The summed E-state index contributed by atoms with van der Waals surface area (Å²) in [6.45, 7) is 1.98. The van der Waals surface area contributed by atoms with Crippen molar-refractivity contribution in [2.24, 2.45) is 5.92 Å². The normalized spacial score (nSPS) is 17.9. The van der Waals surface area contributed by atoms with Gasteiger partial charge in [-0.3, -0.25) is 4.79 Å². The van der Waals surface area contributed by atoms with Crippen LogP contribution in [0.25, 0.3) is 0 Å². The topological polar surface area (TPSA) is 77.8 Å². The molecule has 1 fully saturated rings. The number of hydrogen-bond acceptors (Lipinski definition) is 3. The first-order chi connectivity index (χ1) is 7.25. The number of imidazole rings is 1. The number of carbonyl (C=O) groups excluding carboxylic acids is 1. The second-order valence-electron chi connectivity index (χ2n) is 3.98. The van der Waals surface area contributed by atoms with Gasteiger partial charge in [-0.25, -0.2) is 4.79 Å². The lowest BCUT2D eigenvalue weighted by molar-refractivity contribution is 0.0948. The van der Waals surface area contributed by atoms with E-state index in [1.54, 1.807) is 0 Å². The van der Waals surface area contributed by atoms with Crippen LogP contribution in [-0.4, -0.2) is 28.8 Å². The largest absolute Gasteiger partial charge is 0.323 e. The molecule has 3 N–H and O–H groups in total. The molecule has 1 aromatic rings. The molecule has 0 unspecified atom stereocenters. The monoisotopic (exact) mass is 209 g/mol. The number of rotatable bonds is 3. The van der Waals surface area contributed by atoms with Crippen molar-refractivity contribution in [3.63, 3.8) is 0 Å². The third-order valence-electron chi connectivity index (χ3n) is 2.83. The first-order valence-corrected chi connectivity index (χ1v) is 5.27. The standard InChI is InChI=1S/C10H15N3O2/c14-9(8-6-12-10(15)13-8)5-7-1-3-11-4-2-7/h6-7,11H,1-5H2,(H2,12,13,15). The summed E-state index contributed by atoms with van der Waals surface area (Å²) < 4.78 is 0. The molecule has 82 valence electrons. The molecule has 0 atom stereocenters. The molecule has 0 aliphatic carbocycles. The van der Waals surface area contributed by atoms with E-state index in [2.05, 4.69) is 15.3 Å². The lowest BCUT2D eigenvalue weighted by Crippen LogP contribution is -2.29. The zero-order chi connectivity index (χ0) is 10.7. The van der Waals surface area contributed by atoms with Crippen molar-refractivity contribution in [3.8, 4) is 0 Å². The number of piperidine rings is 1. The molecule has 0 amide bonds. The Morgan fingerprint density at radius 1 is 1.40 bits per heavy atom. The van der Waals surface area contributed by atoms with Crippen molar-refractivity contribution in [1.82, 2.24) is 15.3 Å². The third-order valence-corrected chi connectivity index (χ3v) is 2.83. The van der Waals surface area contributed by atoms with Crippen LogP contribution in [0.2, 0.25) is 0 Å². The van der Waals surface area contributed by atoms with Crippen LogP contribution < -0.4 is 11.0 Å². The fourth-order valence-electron chi connectivity index (χ4n) is 1.94. The summed E-state index contributed by atoms with van der Waals surface area (Å²) in [5.41, 5.74) is 0.0854. The molecule has 0 spiro atoms. The minimum atomic E-state index is -0.316. The zero-order valence-electron chi connectivity index (χ0n) is 8.51. The number of aromatic nitrogens is 2. The van der Waals surface area contributed by atoms with Crippen LogP contribution in [-0.2, 0) is 0 Å². The fraction of sp³-hybridized carbons (Fsp3) is 0.600. The summed E-state index contributed by atoms with van der Waals surface area (Å²) in [6.07, 6.45) is 4.07. The summed E-state index contributed by atoms with van der Waals surface area (Å²) in [6, 6.07) is 0. The van der Waals surface area contributed by atoms with Crippen molar-refractivity contribution in [3.05, 3.63) is 22.4 Å². The van der Waals surface area contributed by atoms with Gasteiger partial charge in [-0.15, -0.1) is 0 Å². The van der Waals surface area contributed by atoms with Gasteiger partial charge < -0.3 is 15.3 Å². The molecule has 1 aromatic heterocycles. The van der Waals surface area contributed by atoms with Crippen LogP contribution >= 0.6 is 0 Å². The quantitative estimate of drug-likeness (QED) is 0.625. The summed E-state index contributed by atoms with van der Waals surface area (Å²) in [5.74, 6) is 0.484. The Morgan fingerprint density at radius 3 is 2.73 bits per heavy atom. The molecular weight excluding hydrogens is 194 g/mol. The minimum Gasteiger partial charge on any atom is -0.317 e. The number of nitrogens with one attached hydrogen (secondary N) is 3. The molecule has 0 aromatic carbocycles. The maximum Gasteiger partial charge on any atom is 0.323 e. The van der Waals surface area contributed by atoms with E-state index in [1.165, 1.54) is 6.20 Å². The second kappa shape index (κ2) is 4.44. The highest BCUT2D eigenvalue weighted by molar-refractivity contribution is 5.94. The number of Topliss-reactive ketones (excluding diaryl/α,β-unsaturated/α-hetero) is 1. The average Bonchev–Trinajstić information content (AvgIpc) is 2.66. The van der Waals surface area contributed by atoms with E-state index in [4.69, 9.17) is 0 Å². The van der Waals surface area contributed by atoms with Crippen LogP contribution in [0.5, 0.6) is 0 Å². The molecule has 15 heavy (non-hydrogen) atoms. The van der Waals surface area contributed by atoms with Gasteiger partial charge in [-0.1, -0.05) is 0 Å². The molecular formula is C10H15N3O2. The second-order valence-corrected chi connectivity index (χ2v) is 3.98. The van der Waals surface area contributed by atoms with Gasteiger partial charge in [0, 0.05) is 12.6 Å². The van der Waals surface area contributed by atoms with Gasteiger partial charge in [-0.05, 0) is 31.8 Å². The predicted molar refractivity (Wildman–Crippen MR) is 56.0 cm³/mol. The van der Waals surface area contributed by atoms with Gasteiger partial charge in [0.25, 0.3) is 0 Å². The van der Waals surface area contributed by atoms with Gasteiger partial charge in [0.2, 0.25) is 0 Å². The summed E-state index contributed by atoms with van der Waals surface area (Å²) in [7, 11) is 0. The minimum absolute atomic E-state index is 0.0280. The van der Waals surface area contributed by atoms with Crippen molar-refractivity contribution in [2.75, 3.05) is 13.1 Å². The molecule has 2 rings (SSSR count). The summed E-state index contributed by atoms with van der Waals surface area (Å²) >= 11 is 0. The van der Waals surface area contributed by atoms with Crippen molar-refractivity contribution < 1.29 is 4.79 Å². The number of aromatic amines is 2. The van der Waals surface area contributed by atoms with Crippen LogP contribution in [0, 0.1) is 5.92 Å². The van der Waals surface area contributed by atoms with Crippen molar-refractivity contribution in [1.29, 1.82) is 0 Å². The van der Waals surface area contributed by atoms with Gasteiger partial charge >= 0.3 is 5.69 Å². The molecule has 0 bridgehead atoms. The fourth-order valence-corrected chi connectivity index (χ4v) is 1.94. The lowest BCUT2D eigenvalue weighted by atomic mass is 9.92. The molecule has 0 saturated carbocycles. The van der Waals surface area contributed by atoms with E-state index in [9.17, 15) is 9.59 Å². The first-order valence-electron chi connectivity index (χ1n) is 5.27. The van der Waals surface area contributed by atoms with Crippen LogP contribution in [0.4, 0.5) is 0 Å². The van der Waals surface area contributed by atoms with Gasteiger partial charge in [0.05, 0.1) is 0 Å². The van der Waals surface area contributed by atoms with Crippen LogP contribution in [0.1, 0.15) is 29.8 Å². The van der Waals surface area contributed by atoms with Crippen LogP contribution in [0.3, 0.4) is 0 Å². The zero-order valence-corrected chi connectivity index (χ0v) is 8.51. The highest BCUT2D eigenvalue weighted by Crippen LogP contribution is 2.17. The predicted octanol–water partition coefficient (Wildman–Crippen LogP) is 0.275. The Labute approximate surface area is 87.3 Å². The highest BCUT2D eigenvalue weighted by Gasteiger charge is 2.18. The first kappa shape index (κ1) is 10.2. The van der Waals surface area contributed by atoms with Gasteiger partial charge in [0.15, 0.2) is 5.78 Å². The molecule has 5 nitrogen and oxygen atoms in total. The number of hydrogen-bond donors (Lipinski definition) is 3. The summed E-state index contributed by atoms with van der Waals surface area (Å²) in [4.78, 5) is 27.5. The molecule has 0 radical (unpaired) electrons. The van der Waals surface area contributed by atoms with Gasteiger partial charge in [0.1, 0.15) is 5.69 Å².